The Morgan fingerprint density at radius 1 is 1.28 bits per heavy atom. The highest BCUT2D eigenvalue weighted by atomic mass is 35.5. The number of aromatic nitrogens is 2. The molecule has 0 spiro atoms. The van der Waals surface area contributed by atoms with Crippen LogP contribution >= 0.6 is 22.9 Å². The lowest BCUT2D eigenvalue weighted by Gasteiger charge is -2.03. The number of halogens is 1. The number of thiophene rings is 1. The van der Waals surface area contributed by atoms with Crippen LogP contribution in [0.1, 0.15) is 23.0 Å². The normalized spacial score (nSPS) is 11.4. The second kappa shape index (κ2) is 7.50. The van der Waals surface area contributed by atoms with E-state index >= 15 is 0 Å². The summed E-state index contributed by atoms with van der Waals surface area (Å²) < 4.78 is 5.79. The molecular formula is C17H15ClN4O2S. The Bertz CT molecular complexity index is 915. The molecule has 1 amide bonds. The molecule has 0 saturated carbocycles. The molecule has 0 bridgehead atoms. The van der Waals surface area contributed by atoms with Gasteiger partial charge in [-0.25, -0.2) is 5.43 Å². The van der Waals surface area contributed by atoms with Crippen LogP contribution < -0.4 is 10.2 Å². The molecular weight excluding hydrogens is 360 g/mol. The van der Waals surface area contributed by atoms with Crippen LogP contribution in [0.2, 0.25) is 4.34 Å². The zero-order valence-corrected chi connectivity index (χ0v) is 15.1. The number of nitrogens with one attached hydrogen (secondary N) is 2. The molecule has 3 rings (SSSR count). The highest BCUT2D eigenvalue weighted by Gasteiger charge is 2.12. The van der Waals surface area contributed by atoms with Crippen molar-refractivity contribution in [2.45, 2.75) is 6.92 Å². The van der Waals surface area contributed by atoms with Crippen LogP contribution in [0.4, 0.5) is 0 Å². The molecule has 6 nitrogen and oxygen atoms in total. The van der Waals surface area contributed by atoms with Gasteiger partial charge in [0.05, 0.1) is 27.7 Å². The molecule has 2 aromatic heterocycles. The van der Waals surface area contributed by atoms with Crippen molar-refractivity contribution < 1.29 is 9.53 Å². The number of benzene rings is 1. The van der Waals surface area contributed by atoms with Gasteiger partial charge >= 0.3 is 0 Å². The quantitative estimate of drug-likeness (QED) is 0.524. The van der Waals surface area contributed by atoms with Gasteiger partial charge in [-0.1, -0.05) is 11.6 Å². The Hall–Kier alpha value is -2.64. The number of hydrogen-bond acceptors (Lipinski definition) is 5. The number of carbonyl (C=O) groups is 1. The van der Waals surface area contributed by atoms with Crippen molar-refractivity contribution in [2.24, 2.45) is 5.10 Å². The molecule has 128 valence electrons. The molecule has 0 fully saturated rings. The first kappa shape index (κ1) is 17.2. The number of hydrogen-bond donors (Lipinski definition) is 2. The van der Waals surface area contributed by atoms with Crippen LogP contribution in [0, 0.1) is 0 Å². The molecule has 1 aromatic carbocycles. The second-order valence-corrected chi connectivity index (χ2v) is 6.85. The van der Waals surface area contributed by atoms with E-state index in [0.717, 1.165) is 21.9 Å². The predicted molar refractivity (Wildman–Crippen MR) is 99.6 cm³/mol. The Morgan fingerprint density at radius 2 is 2.04 bits per heavy atom. The fourth-order valence-electron chi connectivity index (χ4n) is 2.11. The van der Waals surface area contributed by atoms with Gasteiger partial charge in [-0.05, 0) is 55.0 Å². The summed E-state index contributed by atoms with van der Waals surface area (Å²) in [5.74, 6) is 0.372. The molecule has 2 heterocycles. The number of aromatic amines is 1. The van der Waals surface area contributed by atoms with Gasteiger partial charge < -0.3 is 4.74 Å². The Balaban J connectivity index is 1.68. The average Bonchev–Trinajstić information content (AvgIpc) is 3.28. The van der Waals surface area contributed by atoms with Crippen molar-refractivity contribution >= 4 is 34.6 Å². The topological polar surface area (TPSA) is 79.4 Å². The number of ether oxygens (including phenoxy) is 1. The van der Waals surface area contributed by atoms with Crippen molar-refractivity contribution in [3.63, 3.8) is 0 Å². The van der Waals surface area contributed by atoms with Crippen molar-refractivity contribution in [3.05, 3.63) is 58.1 Å². The largest absolute Gasteiger partial charge is 0.497 e. The summed E-state index contributed by atoms with van der Waals surface area (Å²) in [5, 5.41) is 11.0. The summed E-state index contributed by atoms with van der Waals surface area (Å²) >= 11 is 7.33. The van der Waals surface area contributed by atoms with Gasteiger partial charge in [-0.3, -0.25) is 9.89 Å². The number of rotatable bonds is 5. The zero-order chi connectivity index (χ0) is 17.8. The van der Waals surface area contributed by atoms with Crippen LogP contribution in [0.15, 0.2) is 47.6 Å². The lowest BCUT2D eigenvalue weighted by atomic mass is 10.1. The van der Waals surface area contributed by atoms with Crippen LogP contribution in [0.3, 0.4) is 0 Å². The van der Waals surface area contributed by atoms with Gasteiger partial charge in [0.15, 0.2) is 5.69 Å². The third-order valence-electron chi connectivity index (χ3n) is 3.48. The number of nitrogens with zero attached hydrogens (tertiary/aromatic N) is 2. The van der Waals surface area contributed by atoms with E-state index in [2.05, 4.69) is 20.7 Å². The van der Waals surface area contributed by atoms with E-state index in [1.165, 1.54) is 11.3 Å². The maximum Gasteiger partial charge on any atom is 0.291 e. The number of carbonyl (C=O) groups excluding carboxylic acids is 1. The SMILES string of the molecule is COc1ccc(/C(C)=N\NC(=O)c2cc(-c3ccc(Cl)s3)[nH]n2)cc1. The number of amides is 1. The summed E-state index contributed by atoms with van der Waals surface area (Å²) in [5.41, 5.74) is 5.06. The summed E-state index contributed by atoms with van der Waals surface area (Å²) in [7, 11) is 1.61. The molecule has 0 aliphatic rings. The van der Waals surface area contributed by atoms with Crippen LogP contribution in [-0.4, -0.2) is 28.9 Å². The maximum absolute atomic E-state index is 12.2. The Labute approximate surface area is 153 Å². The van der Waals surface area contributed by atoms with E-state index in [0.29, 0.717) is 10.0 Å². The molecule has 0 aliphatic heterocycles. The number of hydrazone groups is 1. The van der Waals surface area contributed by atoms with E-state index in [9.17, 15) is 4.79 Å². The van der Waals surface area contributed by atoms with Gasteiger partial charge in [0.2, 0.25) is 0 Å². The van der Waals surface area contributed by atoms with Crippen LogP contribution in [-0.2, 0) is 0 Å². The van der Waals surface area contributed by atoms with E-state index in [1.807, 2.05) is 37.3 Å². The molecule has 3 aromatic rings. The average molecular weight is 375 g/mol. The minimum absolute atomic E-state index is 0.255. The van der Waals surface area contributed by atoms with Crippen molar-refractivity contribution in [1.29, 1.82) is 0 Å². The first-order valence-corrected chi connectivity index (χ1v) is 8.56. The third-order valence-corrected chi connectivity index (χ3v) is 4.75. The highest BCUT2D eigenvalue weighted by Crippen LogP contribution is 2.29. The lowest BCUT2D eigenvalue weighted by molar-refractivity contribution is 0.0950. The first-order chi connectivity index (χ1) is 12.1. The molecule has 0 atom stereocenters. The Kier molecular flexibility index (Phi) is 5.16. The molecule has 0 saturated heterocycles. The fraction of sp³-hybridized carbons (Fsp3) is 0.118. The van der Waals surface area contributed by atoms with E-state index in [4.69, 9.17) is 16.3 Å². The van der Waals surface area contributed by atoms with Crippen molar-refractivity contribution in [3.8, 4) is 16.3 Å². The number of methoxy groups -OCH3 is 1. The number of H-pyrrole nitrogens is 1. The summed E-state index contributed by atoms with van der Waals surface area (Å²) in [4.78, 5) is 13.1. The van der Waals surface area contributed by atoms with Crippen molar-refractivity contribution in [1.82, 2.24) is 15.6 Å². The van der Waals surface area contributed by atoms with E-state index in [-0.39, 0.29) is 5.69 Å². The molecule has 0 unspecified atom stereocenters. The third kappa shape index (κ3) is 4.07. The molecule has 0 radical (unpaired) electrons. The van der Waals surface area contributed by atoms with Gasteiger partial charge in [-0.2, -0.15) is 10.2 Å². The Morgan fingerprint density at radius 3 is 2.68 bits per heavy atom. The van der Waals surface area contributed by atoms with Gasteiger partial charge in [0.1, 0.15) is 5.75 Å². The van der Waals surface area contributed by atoms with Gasteiger partial charge in [-0.15, -0.1) is 11.3 Å². The lowest BCUT2D eigenvalue weighted by Crippen LogP contribution is -2.19. The van der Waals surface area contributed by atoms with Crippen molar-refractivity contribution in [2.75, 3.05) is 7.11 Å². The second-order valence-electron chi connectivity index (χ2n) is 5.14. The smallest absolute Gasteiger partial charge is 0.291 e. The fourth-order valence-corrected chi connectivity index (χ4v) is 3.12. The summed E-state index contributed by atoms with van der Waals surface area (Å²) in [6.07, 6.45) is 0. The zero-order valence-electron chi connectivity index (χ0n) is 13.5. The van der Waals surface area contributed by atoms with Crippen LogP contribution in [0.25, 0.3) is 10.6 Å². The van der Waals surface area contributed by atoms with E-state index in [1.54, 1.807) is 19.2 Å². The van der Waals surface area contributed by atoms with Gasteiger partial charge in [0.25, 0.3) is 5.91 Å². The first-order valence-electron chi connectivity index (χ1n) is 7.37. The monoisotopic (exact) mass is 374 g/mol. The minimum atomic E-state index is -0.391. The predicted octanol–water partition coefficient (Wildman–Crippen LogP) is 3.95. The standard InChI is InChI=1S/C17H15ClN4O2S/c1-10(11-3-5-12(24-2)6-4-11)19-22-17(23)14-9-13(20-21-14)15-7-8-16(18)25-15/h3-9H,1-2H3,(H,20,21)(H,22,23)/b19-10-. The maximum atomic E-state index is 12.2. The highest BCUT2D eigenvalue weighted by molar-refractivity contribution is 7.19. The minimum Gasteiger partial charge on any atom is -0.497 e. The van der Waals surface area contributed by atoms with E-state index < -0.39 is 5.91 Å². The molecule has 8 heteroatoms. The molecule has 2 N–H and O–H groups in total. The molecule has 25 heavy (non-hydrogen) atoms. The molecule has 0 aliphatic carbocycles. The van der Waals surface area contributed by atoms with Gasteiger partial charge in [0, 0.05) is 0 Å². The summed E-state index contributed by atoms with van der Waals surface area (Å²) in [6, 6.07) is 12.7. The summed E-state index contributed by atoms with van der Waals surface area (Å²) in [6.45, 7) is 1.81. The van der Waals surface area contributed by atoms with Crippen LogP contribution in [0.5, 0.6) is 5.75 Å².